The monoisotopic (exact) mass is 302 g/mol. The molecule has 6 nitrogen and oxygen atoms in total. The molecule has 0 aliphatic heterocycles. The number of benzene rings is 1. The Morgan fingerprint density at radius 1 is 1.32 bits per heavy atom. The van der Waals surface area contributed by atoms with E-state index in [0.29, 0.717) is 17.0 Å². The van der Waals surface area contributed by atoms with Crippen molar-refractivity contribution in [2.24, 2.45) is 0 Å². The molecule has 6 heteroatoms. The molecule has 3 N–H and O–H groups in total. The summed E-state index contributed by atoms with van der Waals surface area (Å²) >= 11 is 0. The summed E-state index contributed by atoms with van der Waals surface area (Å²) < 4.78 is 5.16. The molecule has 116 valence electrons. The number of aromatic amines is 1. The van der Waals surface area contributed by atoms with E-state index in [-0.39, 0.29) is 12.1 Å². The molecule has 1 atom stereocenters. The van der Waals surface area contributed by atoms with Crippen LogP contribution in [-0.4, -0.2) is 29.7 Å². The number of carbonyl (C=O) groups is 1. The number of pyridine rings is 1. The molecule has 1 aromatic heterocycles. The van der Waals surface area contributed by atoms with E-state index in [9.17, 15) is 14.7 Å². The van der Waals surface area contributed by atoms with Gasteiger partial charge in [0.05, 0.1) is 13.2 Å². The molecule has 0 aliphatic carbocycles. The summed E-state index contributed by atoms with van der Waals surface area (Å²) in [5.74, 6) is 0.00706. The van der Waals surface area contributed by atoms with Crippen LogP contribution in [0.5, 0.6) is 5.75 Å². The van der Waals surface area contributed by atoms with E-state index in [1.165, 1.54) is 13.2 Å². The predicted octanol–water partition coefficient (Wildman–Crippen LogP) is 1.16. The highest BCUT2D eigenvalue weighted by Crippen LogP contribution is 2.23. The summed E-state index contributed by atoms with van der Waals surface area (Å²) in [6, 6.07) is 10.1. The molecular formula is C16H18N2O4. The number of H-pyrrole nitrogens is 1. The second-order valence-corrected chi connectivity index (χ2v) is 4.85. The van der Waals surface area contributed by atoms with E-state index < -0.39 is 17.6 Å². The Morgan fingerprint density at radius 3 is 2.73 bits per heavy atom. The Hall–Kier alpha value is -2.60. The van der Waals surface area contributed by atoms with Gasteiger partial charge in [-0.3, -0.25) is 9.59 Å². The van der Waals surface area contributed by atoms with Crippen LogP contribution >= 0.6 is 0 Å². The third-order valence-electron chi connectivity index (χ3n) is 3.25. The molecule has 2 aromatic rings. The highest BCUT2D eigenvalue weighted by atomic mass is 16.5. The van der Waals surface area contributed by atoms with Crippen molar-refractivity contribution >= 4 is 5.91 Å². The Balaban J connectivity index is 2.06. The quantitative estimate of drug-likeness (QED) is 0.773. The van der Waals surface area contributed by atoms with Crippen LogP contribution in [0.25, 0.3) is 0 Å². The molecule has 0 saturated heterocycles. The molecule has 0 radical (unpaired) electrons. The first kappa shape index (κ1) is 15.8. The van der Waals surface area contributed by atoms with Crippen LogP contribution in [0.3, 0.4) is 0 Å². The number of carbonyl (C=O) groups excluding carboxylic acids is 1. The fourth-order valence-electron chi connectivity index (χ4n) is 2.09. The third kappa shape index (κ3) is 3.53. The van der Waals surface area contributed by atoms with Gasteiger partial charge in [0.2, 0.25) is 0 Å². The zero-order valence-electron chi connectivity index (χ0n) is 12.4. The lowest BCUT2D eigenvalue weighted by Gasteiger charge is -2.15. The molecule has 0 aliphatic rings. The zero-order valence-corrected chi connectivity index (χ0v) is 12.4. The molecule has 0 saturated carbocycles. The van der Waals surface area contributed by atoms with Crippen LogP contribution < -0.4 is 15.6 Å². The van der Waals surface area contributed by atoms with E-state index >= 15 is 0 Å². The number of aliphatic hydroxyl groups excluding tert-OH is 1. The predicted molar refractivity (Wildman–Crippen MR) is 82.1 cm³/mol. The first-order chi connectivity index (χ1) is 10.5. The van der Waals surface area contributed by atoms with Crippen molar-refractivity contribution in [3.05, 3.63) is 63.6 Å². The van der Waals surface area contributed by atoms with Crippen molar-refractivity contribution in [2.45, 2.75) is 13.0 Å². The average molecular weight is 302 g/mol. The summed E-state index contributed by atoms with van der Waals surface area (Å²) in [7, 11) is 1.51. The summed E-state index contributed by atoms with van der Waals surface area (Å²) in [5.41, 5.74) is 0.806. The van der Waals surface area contributed by atoms with Crippen LogP contribution in [0.2, 0.25) is 0 Å². The Bertz CT molecular complexity index is 724. The van der Waals surface area contributed by atoms with Crippen LogP contribution in [-0.2, 0) is 0 Å². The Kier molecular flexibility index (Phi) is 4.95. The number of para-hydroxylation sites is 1. The number of aliphatic hydroxyl groups is 1. The highest BCUT2D eigenvalue weighted by molar-refractivity contribution is 5.93. The maximum absolute atomic E-state index is 12.0. The topological polar surface area (TPSA) is 91.4 Å². The van der Waals surface area contributed by atoms with Gasteiger partial charge in [-0.15, -0.1) is 0 Å². The zero-order chi connectivity index (χ0) is 16.1. The highest BCUT2D eigenvalue weighted by Gasteiger charge is 2.16. The van der Waals surface area contributed by atoms with Crippen LogP contribution in [0.4, 0.5) is 0 Å². The fourth-order valence-corrected chi connectivity index (χ4v) is 2.09. The Labute approximate surface area is 127 Å². The third-order valence-corrected chi connectivity index (χ3v) is 3.25. The molecule has 1 amide bonds. The minimum Gasteiger partial charge on any atom is -0.496 e. The minimum atomic E-state index is -0.926. The molecule has 1 heterocycles. The van der Waals surface area contributed by atoms with Gasteiger partial charge in [0.25, 0.3) is 11.5 Å². The number of ether oxygens (including phenoxy) is 1. The number of aryl methyl sites for hydroxylation is 1. The molecule has 0 bridgehead atoms. The molecule has 1 unspecified atom stereocenters. The molecule has 0 spiro atoms. The lowest BCUT2D eigenvalue weighted by Crippen LogP contribution is -2.32. The van der Waals surface area contributed by atoms with Gasteiger partial charge in [-0.05, 0) is 25.1 Å². The minimum absolute atomic E-state index is 0.0119. The van der Waals surface area contributed by atoms with Gasteiger partial charge in [-0.25, -0.2) is 0 Å². The van der Waals surface area contributed by atoms with Crippen molar-refractivity contribution in [1.29, 1.82) is 0 Å². The average Bonchev–Trinajstić information content (AvgIpc) is 2.52. The summed E-state index contributed by atoms with van der Waals surface area (Å²) in [6.07, 6.45) is -0.926. The molecule has 1 aromatic carbocycles. The van der Waals surface area contributed by atoms with Crippen molar-refractivity contribution in [3.63, 3.8) is 0 Å². The van der Waals surface area contributed by atoms with Crippen molar-refractivity contribution in [3.8, 4) is 5.75 Å². The lowest BCUT2D eigenvalue weighted by molar-refractivity contribution is 0.0913. The summed E-state index contributed by atoms with van der Waals surface area (Å²) in [4.78, 5) is 26.2. The number of nitrogens with one attached hydrogen (secondary N) is 2. The van der Waals surface area contributed by atoms with E-state index in [4.69, 9.17) is 4.74 Å². The van der Waals surface area contributed by atoms with E-state index in [1.807, 2.05) is 0 Å². The van der Waals surface area contributed by atoms with E-state index in [1.54, 1.807) is 37.3 Å². The standard InChI is InChI=1S/C16H18N2O4/c1-10-7-8-12(16(21)18-10)15(20)17-9-13(19)11-5-3-4-6-14(11)22-2/h3-8,13,19H,9H2,1-2H3,(H,17,20)(H,18,21). The first-order valence-corrected chi connectivity index (χ1v) is 6.82. The van der Waals surface area contributed by atoms with Gasteiger partial charge in [0.1, 0.15) is 11.3 Å². The molecule has 0 fully saturated rings. The number of aromatic nitrogens is 1. The molecule has 2 rings (SSSR count). The van der Waals surface area contributed by atoms with Crippen molar-refractivity contribution < 1.29 is 14.6 Å². The van der Waals surface area contributed by atoms with Crippen molar-refractivity contribution in [2.75, 3.05) is 13.7 Å². The van der Waals surface area contributed by atoms with Gasteiger partial charge in [-0.2, -0.15) is 0 Å². The van der Waals surface area contributed by atoms with Gasteiger partial charge in [-0.1, -0.05) is 18.2 Å². The van der Waals surface area contributed by atoms with Crippen LogP contribution in [0.15, 0.2) is 41.2 Å². The van der Waals surface area contributed by atoms with E-state index in [2.05, 4.69) is 10.3 Å². The number of hydrogen-bond donors (Lipinski definition) is 3. The number of amides is 1. The summed E-state index contributed by atoms with van der Waals surface area (Å²) in [6.45, 7) is 1.71. The van der Waals surface area contributed by atoms with Gasteiger partial charge >= 0.3 is 0 Å². The van der Waals surface area contributed by atoms with Gasteiger partial charge < -0.3 is 20.1 Å². The van der Waals surface area contributed by atoms with Crippen LogP contribution in [0, 0.1) is 6.92 Å². The smallest absolute Gasteiger partial charge is 0.260 e. The number of methoxy groups -OCH3 is 1. The second-order valence-electron chi connectivity index (χ2n) is 4.85. The van der Waals surface area contributed by atoms with Crippen LogP contribution in [0.1, 0.15) is 27.7 Å². The SMILES string of the molecule is COc1ccccc1C(O)CNC(=O)c1ccc(C)[nH]c1=O. The fraction of sp³-hybridized carbons (Fsp3) is 0.250. The maximum Gasteiger partial charge on any atom is 0.260 e. The van der Waals surface area contributed by atoms with Gasteiger partial charge in [0.15, 0.2) is 0 Å². The first-order valence-electron chi connectivity index (χ1n) is 6.82. The maximum atomic E-state index is 12.0. The largest absolute Gasteiger partial charge is 0.496 e. The van der Waals surface area contributed by atoms with Gasteiger partial charge in [0, 0.05) is 17.8 Å². The number of hydrogen-bond acceptors (Lipinski definition) is 4. The lowest BCUT2D eigenvalue weighted by atomic mass is 10.1. The summed E-state index contributed by atoms with van der Waals surface area (Å²) in [5, 5.41) is 12.7. The Morgan fingerprint density at radius 2 is 2.05 bits per heavy atom. The normalized spacial score (nSPS) is 11.8. The van der Waals surface area contributed by atoms with E-state index in [0.717, 1.165) is 0 Å². The molecular weight excluding hydrogens is 284 g/mol. The molecule has 22 heavy (non-hydrogen) atoms. The second kappa shape index (κ2) is 6.91. The number of rotatable bonds is 5. The van der Waals surface area contributed by atoms with Crippen molar-refractivity contribution in [1.82, 2.24) is 10.3 Å².